The predicted molar refractivity (Wildman–Crippen MR) is 112 cm³/mol. The zero-order chi connectivity index (χ0) is 20.9. The van der Waals surface area contributed by atoms with Crippen LogP contribution >= 0.6 is 39.9 Å². The molecule has 0 aliphatic carbocycles. The lowest BCUT2D eigenvalue weighted by Gasteiger charge is -2.16. The van der Waals surface area contributed by atoms with E-state index in [0.29, 0.717) is 26.1 Å². The molecule has 152 valence electrons. The average molecular weight is 522 g/mol. The lowest BCUT2D eigenvalue weighted by molar-refractivity contribution is -0.117. The highest BCUT2D eigenvalue weighted by atomic mass is 79.9. The van der Waals surface area contributed by atoms with Crippen LogP contribution in [0, 0.1) is 6.92 Å². The Hall–Kier alpha value is -2.02. The molecule has 0 saturated carbocycles. The van der Waals surface area contributed by atoms with Crippen molar-refractivity contribution in [2.75, 3.05) is 10.8 Å². The summed E-state index contributed by atoms with van der Waals surface area (Å²) in [4.78, 5) is 15.8. The van der Waals surface area contributed by atoms with Crippen molar-refractivity contribution in [1.82, 2.24) is 13.7 Å². The summed E-state index contributed by atoms with van der Waals surface area (Å²) in [5.74, 6) is -0.376. The van der Waals surface area contributed by atoms with Gasteiger partial charge in [-0.3, -0.25) is 4.79 Å². The molecular weight excluding hydrogens is 511 g/mol. The van der Waals surface area contributed by atoms with Crippen molar-refractivity contribution in [3.63, 3.8) is 0 Å². The van der Waals surface area contributed by atoms with Gasteiger partial charge >= 0.3 is 16.2 Å². The Bertz CT molecular complexity index is 1270. The third-order valence-corrected chi connectivity index (χ3v) is 7.27. The number of aromatic nitrogens is 2. The average Bonchev–Trinajstić information content (AvgIpc) is 3.11. The van der Waals surface area contributed by atoms with Crippen molar-refractivity contribution >= 4 is 72.7 Å². The van der Waals surface area contributed by atoms with Crippen molar-refractivity contribution in [1.29, 1.82) is 0 Å². The quantitative estimate of drug-likeness (QED) is 0.555. The molecule has 2 heterocycles. The Morgan fingerprint density at radius 3 is 2.76 bits per heavy atom. The van der Waals surface area contributed by atoms with E-state index in [0.717, 1.165) is 8.28 Å². The molecule has 1 aromatic heterocycles. The minimum absolute atomic E-state index is 0.0552. The molecule has 1 aliphatic rings. The first kappa shape index (κ1) is 20.3. The lowest BCUT2D eigenvalue weighted by Crippen LogP contribution is -2.29. The smallest absolute Gasteiger partial charge is 0.326 e. The highest BCUT2D eigenvalue weighted by Crippen LogP contribution is 2.37. The number of hydrogen-bond donors (Lipinski definition) is 1. The monoisotopic (exact) mass is 520 g/mol. The van der Waals surface area contributed by atoms with E-state index in [9.17, 15) is 17.1 Å². The molecule has 0 bridgehead atoms. The minimum atomic E-state index is -3.96. The predicted octanol–water partition coefficient (Wildman–Crippen LogP) is 4.11. The van der Waals surface area contributed by atoms with Crippen LogP contribution in [0.3, 0.4) is 0 Å². The molecule has 2 aromatic carbocycles. The summed E-state index contributed by atoms with van der Waals surface area (Å²) in [7, 11) is -3.96. The van der Waals surface area contributed by atoms with Gasteiger partial charge in [0, 0.05) is 10.5 Å². The molecule has 13 heteroatoms. The summed E-state index contributed by atoms with van der Waals surface area (Å²) in [5.41, 5.74) is 1.75. The van der Waals surface area contributed by atoms with Crippen molar-refractivity contribution < 1.29 is 21.8 Å². The highest BCUT2D eigenvalue weighted by molar-refractivity contribution is 9.10. The zero-order valence-electron chi connectivity index (χ0n) is 14.5. The van der Waals surface area contributed by atoms with Crippen LogP contribution in [-0.4, -0.2) is 29.8 Å². The molecular formula is C16H11BrClFN4O4S2. The molecule has 0 unspecified atom stereocenters. The van der Waals surface area contributed by atoms with Crippen LogP contribution in [0.1, 0.15) is 5.56 Å². The summed E-state index contributed by atoms with van der Waals surface area (Å²) >= 11 is 9.28. The van der Waals surface area contributed by atoms with E-state index >= 15 is 0 Å². The maximum absolute atomic E-state index is 13.6. The molecule has 0 radical (unpaired) electrons. The van der Waals surface area contributed by atoms with E-state index in [4.69, 9.17) is 16.3 Å². The molecule has 4 rings (SSSR count). The van der Waals surface area contributed by atoms with Crippen molar-refractivity contribution in [3.8, 4) is 11.8 Å². The van der Waals surface area contributed by atoms with Gasteiger partial charge in [-0.05, 0) is 46.6 Å². The number of anilines is 1. The highest BCUT2D eigenvalue weighted by Gasteiger charge is 2.34. The van der Waals surface area contributed by atoms with Gasteiger partial charge in [-0.2, -0.15) is 13.4 Å². The fourth-order valence-corrected chi connectivity index (χ4v) is 4.78. The zero-order valence-corrected chi connectivity index (χ0v) is 18.5. The first-order chi connectivity index (χ1) is 13.7. The van der Waals surface area contributed by atoms with Gasteiger partial charge in [0.25, 0.3) is 5.91 Å². The molecule has 1 aliphatic heterocycles. The van der Waals surface area contributed by atoms with Crippen molar-refractivity contribution in [2.24, 2.45) is 0 Å². The third-order valence-electron chi connectivity index (χ3n) is 4.18. The van der Waals surface area contributed by atoms with E-state index in [-0.39, 0.29) is 36.3 Å². The number of carbonyl (C=O) groups is 1. The van der Waals surface area contributed by atoms with E-state index in [1.807, 2.05) is 4.72 Å². The Morgan fingerprint density at radius 1 is 1.34 bits per heavy atom. The summed E-state index contributed by atoms with van der Waals surface area (Å²) in [6, 6.07) is 7.75. The number of rotatable bonds is 4. The van der Waals surface area contributed by atoms with E-state index in [2.05, 4.69) is 20.9 Å². The van der Waals surface area contributed by atoms with E-state index in [1.165, 1.54) is 6.07 Å². The maximum atomic E-state index is 13.6. The number of hydrogen-bond acceptors (Lipinski definition) is 6. The Balaban J connectivity index is 1.76. The van der Waals surface area contributed by atoms with Gasteiger partial charge in [-0.15, -0.1) is 3.89 Å². The van der Waals surface area contributed by atoms with Crippen molar-refractivity contribution in [2.45, 2.75) is 6.92 Å². The van der Waals surface area contributed by atoms with E-state index < -0.39 is 16.1 Å². The fourth-order valence-electron chi connectivity index (χ4n) is 2.79. The van der Waals surface area contributed by atoms with Gasteiger partial charge in [0.15, 0.2) is 12.3 Å². The standard InChI is InChI=1S/C16H11BrClFN4O4S2/c1-8-2-3-9(22-7-15(24)21-29(22,25)26)4-14(8)27-16-20-12-5-10(17)11(18)6-13(12)23(16)28-19/h2-6H,7H2,1H3,(H,21,24). The van der Waals surface area contributed by atoms with Gasteiger partial charge in [0.05, 0.1) is 21.7 Å². The number of halogens is 3. The largest absolute Gasteiger partial charge is 0.424 e. The summed E-state index contributed by atoms with van der Waals surface area (Å²) in [6.07, 6.45) is 0. The van der Waals surface area contributed by atoms with Gasteiger partial charge < -0.3 is 4.74 Å². The second kappa shape index (κ2) is 7.35. The molecule has 0 spiro atoms. The maximum Gasteiger partial charge on any atom is 0.326 e. The molecule has 1 amide bonds. The van der Waals surface area contributed by atoms with Crippen molar-refractivity contribution in [3.05, 3.63) is 45.4 Å². The molecule has 3 aromatic rings. The Morgan fingerprint density at radius 2 is 2.10 bits per heavy atom. The Labute approximate surface area is 182 Å². The first-order valence-corrected chi connectivity index (χ1v) is 11.3. The molecule has 1 fully saturated rings. The van der Waals surface area contributed by atoms with Crippen LogP contribution < -0.4 is 13.8 Å². The second-order valence-corrected chi connectivity index (χ2v) is 9.46. The van der Waals surface area contributed by atoms with Crippen LogP contribution in [-0.2, 0) is 15.0 Å². The van der Waals surface area contributed by atoms with Gasteiger partial charge in [0.2, 0.25) is 0 Å². The number of nitrogens with one attached hydrogen (secondary N) is 1. The molecule has 29 heavy (non-hydrogen) atoms. The first-order valence-electron chi connectivity index (χ1n) is 7.98. The topological polar surface area (TPSA) is 93.5 Å². The molecule has 0 atom stereocenters. The number of aryl methyl sites for hydroxylation is 1. The van der Waals surface area contributed by atoms with Crippen LogP contribution in [0.2, 0.25) is 5.02 Å². The lowest BCUT2D eigenvalue weighted by atomic mass is 10.2. The SMILES string of the molecule is Cc1ccc(N2CC(=O)NS2(=O)=O)cc1Oc1nc2cc(Br)c(Cl)cc2n1SF. The van der Waals surface area contributed by atoms with Gasteiger partial charge in [0.1, 0.15) is 12.3 Å². The minimum Gasteiger partial charge on any atom is -0.424 e. The van der Waals surface area contributed by atoms with E-state index in [1.54, 1.807) is 31.2 Å². The molecule has 1 N–H and O–H groups in total. The number of nitrogens with zero attached hydrogens (tertiary/aromatic N) is 3. The van der Waals surface area contributed by atoms with Gasteiger partial charge in [-0.25, -0.2) is 13.0 Å². The Kier molecular flexibility index (Phi) is 5.13. The van der Waals surface area contributed by atoms with Crippen LogP contribution in [0.25, 0.3) is 11.0 Å². The number of carbonyl (C=O) groups excluding carboxylic acids is 1. The van der Waals surface area contributed by atoms with Crippen LogP contribution in [0.15, 0.2) is 34.8 Å². The fraction of sp³-hybridized carbons (Fsp3) is 0.125. The number of ether oxygens (including phenoxy) is 1. The normalized spacial score (nSPS) is 15.7. The summed E-state index contributed by atoms with van der Waals surface area (Å²) in [5, 5.41) is 0.383. The third kappa shape index (κ3) is 3.65. The number of amides is 1. The number of fused-ring (bicyclic) bond motifs is 1. The summed E-state index contributed by atoms with van der Waals surface area (Å²) in [6.45, 7) is 1.40. The molecule has 1 saturated heterocycles. The number of imidazole rings is 1. The number of benzene rings is 2. The summed E-state index contributed by atoms with van der Waals surface area (Å²) < 4.78 is 48.1. The second-order valence-electron chi connectivity index (χ2n) is 6.10. The van der Waals surface area contributed by atoms with Gasteiger partial charge in [-0.1, -0.05) is 17.7 Å². The van der Waals surface area contributed by atoms with Crippen LogP contribution in [0.4, 0.5) is 9.57 Å². The molecule has 8 nitrogen and oxygen atoms in total. The van der Waals surface area contributed by atoms with Crippen LogP contribution in [0.5, 0.6) is 11.8 Å².